The molecule has 1 rings (SSSR count). The average Bonchev–Trinajstić information content (AvgIpc) is 2.36. The highest BCUT2D eigenvalue weighted by Crippen LogP contribution is 2.26. The molecule has 0 aliphatic rings. The van der Waals surface area contributed by atoms with Gasteiger partial charge in [-0.2, -0.15) is 5.10 Å². The highest BCUT2D eigenvalue weighted by atomic mass is 32.2. The van der Waals surface area contributed by atoms with E-state index in [1.165, 1.54) is 11.8 Å². The third kappa shape index (κ3) is 4.86. The molecule has 17 heavy (non-hydrogen) atoms. The van der Waals surface area contributed by atoms with E-state index < -0.39 is 0 Å². The van der Waals surface area contributed by atoms with Crippen LogP contribution in [0.1, 0.15) is 6.92 Å². The Kier molecular flexibility index (Phi) is 6.09. The molecular formula is C11H17N3O2S. The first-order chi connectivity index (χ1) is 8.27. The van der Waals surface area contributed by atoms with Crippen molar-refractivity contribution < 1.29 is 9.47 Å². The largest absolute Gasteiger partial charge is 0.490 e. The summed E-state index contributed by atoms with van der Waals surface area (Å²) in [5.74, 6) is 7.18. The molecule has 0 radical (unpaired) electrons. The van der Waals surface area contributed by atoms with Crippen LogP contribution in [0.4, 0.5) is 0 Å². The lowest BCUT2D eigenvalue weighted by molar-refractivity contribution is 0.289. The molecular weight excluding hydrogens is 238 g/mol. The van der Waals surface area contributed by atoms with Gasteiger partial charge < -0.3 is 21.1 Å². The lowest BCUT2D eigenvalue weighted by atomic mass is 10.3. The molecule has 0 aliphatic heterocycles. The standard InChI is InChI=1S/C11H17N3O2S/c1-2-15-9-5-3-4-6-10(9)16-7-8-17-11(12)14-13/h3-6H,2,7-8,13H2,1H3,(H2,12,14). The molecule has 0 unspecified atom stereocenters. The Morgan fingerprint density at radius 1 is 1.29 bits per heavy atom. The lowest BCUT2D eigenvalue weighted by Gasteiger charge is -2.11. The van der Waals surface area contributed by atoms with E-state index in [4.69, 9.17) is 21.1 Å². The second kappa shape index (κ2) is 7.67. The van der Waals surface area contributed by atoms with E-state index in [1.807, 2.05) is 31.2 Å². The van der Waals surface area contributed by atoms with Crippen LogP contribution in [0.5, 0.6) is 11.5 Å². The summed E-state index contributed by atoms with van der Waals surface area (Å²) in [7, 11) is 0. The van der Waals surface area contributed by atoms with E-state index in [2.05, 4.69) is 5.10 Å². The fraction of sp³-hybridized carbons (Fsp3) is 0.364. The number of nitrogens with two attached hydrogens (primary N) is 2. The van der Waals surface area contributed by atoms with Gasteiger partial charge in [-0.05, 0) is 19.1 Å². The Bertz CT molecular complexity index is 371. The zero-order valence-electron chi connectivity index (χ0n) is 9.76. The van der Waals surface area contributed by atoms with Crippen LogP contribution in [-0.4, -0.2) is 24.1 Å². The van der Waals surface area contributed by atoms with Crippen LogP contribution < -0.4 is 21.1 Å². The van der Waals surface area contributed by atoms with E-state index in [-0.39, 0.29) is 0 Å². The molecule has 0 saturated carbocycles. The molecule has 0 atom stereocenters. The van der Waals surface area contributed by atoms with Gasteiger partial charge in [0.2, 0.25) is 0 Å². The number of hydrazone groups is 1. The minimum absolute atomic E-state index is 0.353. The van der Waals surface area contributed by atoms with Crippen molar-refractivity contribution in [2.75, 3.05) is 19.0 Å². The molecule has 0 saturated heterocycles. The molecule has 5 nitrogen and oxygen atoms in total. The normalized spacial score (nSPS) is 11.2. The van der Waals surface area contributed by atoms with Crippen LogP contribution in [0.15, 0.2) is 29.4 Å². The molecule has 0 aromatic heterocycles. The van der Waals surface area contributed by atoms with Crippen molar-refractivity contribution in [3.8, 4) is 11.5 Å². The first kappa shape index (κ1) is 13.5. The van der Waals surface area contributed by atoms with E-state index >= 15 is 0 Å². The second-order valence-electron chi connectivity index (χ2n) is 3.04. The van der Waals surface area contributed by atoms with Gasteiger partial charge in [0, 0.05) is 5.75 Å². The van der Waals surface area contributed by atoms with Crippen LogP contribution >= 0.6 is 11.8 Å². The first-order valence-corrected chi connectivity index (χ1v) is 6.27. The van der Waals surface area contributed by atoms with Crippen molar-refractivity contribution in [1.29, 1.82) is 0 Å². The van der Waals surface area contributed by atoms with Crippen LogP contribution in [0.25, 0.3) is 0 Å². The topological polar surface area (TPSA) is 82.9 Å². The summed E-state index contributed by atoms with van der Waals surface area (Å²) in [6.45, 7) is 3.07. The molecule has 4 N–H and O–H groups in total. The van der Waals surface area contributed by atoms with Gasteiger partial charge in [0.05, 0.1) is 13.2 Å². The maximum Gasteiger partial charge on any atom is 0.177 e. The van der Waals surface area contributed by atoms with E-state index in [0.717, 1.165) is 11.5 Å². The summed E-state index contributed by atoms with van der Waals surface area (Å²) in [5.41, 5.74) is 5.44. The monoisotopic (exact) mass is 255 g/mol. The SMILES string of the molecule is CCOc1ccccc1OCCSC(N)=NN. The Hall–Kier alpha value is -1.56. The molecule has 0 heterocycles. The highest BCUT2D eigenvalue weighted by Gasteiger charge is 2.03. The second-order valence-corrected chi connectivity index (χ2v) is 4.16. The Morgan fingerprint density at radius 3 is 2.53 bits per heavy atom. The predicted octanol–water partition coefficient (Wildman–Crippen LogP) is 1.39. The zero-order valence-corrected chi connectivity index (χ0v) is 10.6. The van der Waals surface area contributed by atoms with E-state index in [9.17, 15) is 0 Å². The van der Waals surface area contributed by atoms with Gasteiger partial charge in [-0.25, -0.2) is 0 Å². The third-order valence-corrected chi connectivity index (χ3v) is 2.64. The number of hydrogen-bond acceptors (Lipinski definition) is 5. The number of amidine groups is 1. The highest BCUT2D eigenvalue weighted by molar-refractivity contribution is 8.13. The minimum Gasteiger partial charge on any atom is -0.490 e. The molecule has 0 spiro atoms. The molecule has 0 amide bonds. The number of para-hydroxylation sites is 2. The first-order valence-electron chi connectivity index (χ1n) is 5.28. The number of nitrogens with zero attached hydrogens (tertiary/aromatic N) is 1. The van der Waals surface area contributed by atoms with Crippen molar-refractivity contribution in [3.05, 3.63) is 24.3 Å². The summed E-state index contributed by atoms with van der Waals surface area (Å²) >= 11 is 1.35. The van der Waals surface area contributed by atoms with Crippen LogP contribution in [0, 0.1) is 0 Å². The summed E-state index contributed by atoms with van der Waals surface area (Å²) < 4.78 is 11.0. The quantitative estimate of drug-likeness (QED) is 0.264. The summed E-state index contributed by atoms with van der Waals surface area (Å²) in [6, 6.07) is 7.56. The molecule has 6 heteroatoms. The van der Waals surface area contributed by atoms with Gasteiger partial charge in [-0.15, -0.1) is 0 Å². The lowest BCUT2D eigenvalue weighted by Crippen LogP contribution is -2.12. The number of hydrogen-bond donors (Lipinski definition) is 2. The average molecular weight is 255 g/mol. The summed E-state index contributed by atoms with van der Waals surface area (Å²) in [5, 5.41) is 3.71. The van der Waals surface area contributed by atoms with Crippen molar-refractivity contribution in [1.82, 2.24) is 0 Å². The Morgan fingerprint density at radius 2 is 1.94 bits per heavy atom. The molecule has 0 bridgehead atoms. The van der Waals surface area contributed by atoms with Crippen LogP contribution in [0.2, 0.25) is 0 Å². The van der Waals surface area contributed by atoms with Crippen LogP contribution in [0.3, 0.4) is 0 Å². The van der Waals surface area contributed by atoms with Crippen molar-refractivity contribution in [3.63, 3.8) is 0 Å². The van der Waals surface area contributed by atoms with Gasteiger partial charge in [-0.3, -0.25) is 0 Å². The van der Waals surface area contributed by atoms with Gasteiger partial charge in [0.25, 0.3) is 0 Å². The van der Waals surface area contributed by atoms with Crippen molar-refractivity contribution in [2.45, 2.75) is 6.92 Å². The smallest absolute Gasteiger partial charge is 0.177 e. The third-order valence-electron chi connectivity index (χ3n) is 1.87. The fourth-order valence-corrected chi connectivity index (χ4v) is 1.63. The maximum absolute atomic E-state index is 5.59. The number of ether oxygens (including phenoxy) is 2. The maximum atomic E-state index is 5.59. The molecule has 0 aliphatic carbocycles. The van der Waals surface area contributed by atoms with E-state index in [1.54, 1.807) is 0 Å². The van der Waals surface area contributed by atoms with Gasteiger partial charge in [0.1, 0.15) is 0 Å². The molecule has 94 valence electrons. The Balaban J connectivity index is 2.40. The zero-order chi connectivity index (χ0) is 12.5. The number of rotatable bonds is 6. The Labute approximate surface area is 105 Å². The van der Waals surface area contributed by atoms with E-state index in [0.29, 0.717) is 24.1 Å². The molecule has 1 aromatic carbocycles. The van der Waals surface area contributed by atoms with Gasteiger partial charge in [-0.1, -0.05) is 23.9 Å². The predicted molar refractivity (Wildman–Crippen MR) is 71.4 cm³/mol. The number of thioether (sulfide) groups is 1. The van der Waals surface area contributed by atoms with Crippen molar-refractivity contribution in [2.24, 2.45) is 16.7 Å². The minimum atomic E-state index is 0.353. The van der Waals surface area contributed by atoms with Gasteiger partial charge in [0.15, 0.2) is 16.7 Å². The summed E-state index contributed by atoms with van der Waals surface area (Å²) in [4.78, 5) is 0. The van der Waals surface area contributed by atoms with Crippen LogP contribution in [-0.2, 0) is 0 Å². The number of benzene rings is 1. The summed E-state index contributed by atoms with van der Waals surface area (Å²) in [6.07, 6.45) is 0. The van der Waals surface area contributed by atoms with Crippen molar-refractivity contribution >= 4 is 16.9 Å². The molecule has 1 aromatic rings. The molecule has 0 fully saturated rings. The fourth-order valence-electron chi connectivity index (χ4n) is 1.18. The van der Waals surface area contributed by atoms with Gasteiger partial charge >= 0.3 is 0 Å².